The fourth-order valence-corrected chi connectivity index (χ4v) is 3.59. The number of rotatable bonds is 4. The lowest BCUT2D eigenvalue weighted by Gasteiger charge is -2.27. The number of halogens is 2. The molecule has 1 heterocycles. The highest BCUT2D eigenvalue weighted by atomic mass is 79.9. The van der Waals surface area contributed by atoms with Crippen LogP contribution in [0, 0.1) is 17.7 Å². The third kappa shape index (κ3) is 4.08. The van der Waals surface area contributed by atoms with E-state index in [0.29, 0.717) is 17.7 Å². The average molecular weight is 417 g/mol. The zero-order valence-electron chi connectivity index (χ0n) is 14.3. The van der Waals surface area contributed by atoms with Crippen molar-refractivity contribution in [2.45, 2.75) is 38.2 Å². The number of carbonyl (C=O) groups is 1. The number of carboxylic acids is 1. The fraction of sp³-hybridized carbons (Fsp3) is 0.286. The Morgan fingerprint density at radius 1 is 1.38 bits per heavy atom. The molecule has 3 rings (SSSR count). The molecule has 1 aliphatic heterocycles. The molecule has 0 saturated heterocycles. The average Bonchev–Trinajstić information content (AvgIpc) is 2.62. The zero-order chi connectivity index (χ0) is 18.7. The third-order valence-electron chi connectivity index (χ3n) is 4.43. The van der Waals surface area contributed by atoms with Crippen LogP contribution in [0.4, 0.5) is 4.39 Å². The molecule has 0 bridgehead atoms. The number of ether oxygens (including phenoxy) is 1. The van der Waals surface area contributed by atoms with E-state index in [0.717, 1.165) is 22.0 Å². The van der Waals surface area contributed by atoms with Crippen molar-refractivity contribution in [2.24, 2.45) is 0 Å². The molecule has 2 aromatic rings. The van der Waals surface area contributed by atoms with Gasteiger partial charge in [-0.15, -0.1) is 5.92 Å². The molecule has 0 fully saturated rings. The van der Waals surface area contributed by atoms with E-state index < -0.39 is 5.97 Å². The van der Waals surface area contributed by atoms with Crippen LogP contribution in [0.2, 0.25) is 0 Å². The van der Waals surface area contributed by atoms with Crippen LogP contribution in [0.1, 0.15) is 48.5 Å². The Kier molecular flexibility index (Phi) is 5.63. The second-order valence-electron chi connectivity index (χ2n) is 6.22. The van der Waals surface area contributed by atoms with Crippen molar-refractivity contribution in [3.63, 3.8) is 0 Å². The van der Waals surface area contributed by atoms with Crippen LogP contribution in [0.5, 0.6) is 5.75 Å². The summed E-state index contributed by atoms with van der Waals surface area (Å²) in [6.45, 7) is 1.70. The van der Waals surface area contributed by atoms with Gasteiger partial charge in [0, 0.05) is 10.0 Å². The van der Waals surface area contributed by atoms with Crippen LogP contribution in [0.25, 0.3) is 0 Å². The van der Waals surface area contributed by atoms with Crippen LogP contribution in [0.3, 0.4) is 0 Å². The van der Waals surface area contributed by atoms with Crippen LogP contribution in [0.15, 0.2) is 40.9 Å². The SMILES string of the molecule is CC#CC(CC(=O)O)c1ccc2c(c1)CCC(c1cc(Br)ccc1F)O2. The molecule has 2 aromatic carbocycles. The first kappa shape index (κ1) is 18.5. The van der Waals surface area contributed by atoms with Gasteiger partial charge < -0.3 is 9.84 Å². The van der Waals surface area contributed by atoms with Gasteiger partial charge in [0.25, 0.3) is 0 Å². The molecule has 3 nitrogen and oxygen atoms in total. The highest BCUT2D eigenvalue weighted by Crippen LogP contribution is 2.38. The molecule has 0 spiro atoms. The predicted octanol–water partition coefficient (Wildman–Crippen LogP) is 5.24. The molecule has 0 saturated carbocycles. The summed E-state index contributed by atoms with van der Waals surface area (Å²) in [7, 11) is 0. The molecule has 0 aliphatic carbocycles. The first-order valence-corrected chi connectivity index (χ1v) is 9.15. The lowest BCUT2D eigenvalue weighted by atomic mass is 9.91. The third-order valence-corrected chi connectivity index (χ3v) is 4.93. The molecule has 1 aliphatic rings. The Labute approximate surface area is 160 Å². The van der Waals surface area contributed by atoms with Crippen molar-refractivity contribution in [1.82, 2.24) is 0 Å². The molecule has 0 aromatic heterocycles. The van der Waals surface area contributed by atoms with Gasteiger partial charge >= 0.3 is 5.97 Å². The van der Waals surface area contributed by atoms with Gasteiger partial charge in [0.1, 0.15) is 17.7 Å². The molecular weight excluding hydrogens is 399 g/mol. The Hall–Kier alpha value is -2.32. The Morgan fingerprint density at radius 2 is 2.19 bits per heavy atom. The molecule has 2 atom stereocenters. The minimum Gasteiger partial charge on any atom is -0.485 e. The fourth-order valence-electron chi connectivity index (χ4n) is 3.21. The van der Waals surface area contributed by atoms with Crippen LogP contribution in [-0.4, -0.2) is 11.1 Å². The van der Waals surface area contributed by atoms with Crippen molar-refractivity contribution in [2.75, 3.05) is 0 Å². The molecule has 1 N–H and O–H groups in total. The number of aryl methyl sites for hydroxylation is 1. The van der Waals surface area contributed by atoms with E-state index in [1.807, 2.05) is 18.2 Å². The second kappa shape index (κ2) is 7.92. The monoisotopic (exact) mass is 416 g/mol. The standard InChI is InChI=1S/C21H18BrFO3/c1-2-3-13(11-21(24)25)14-4-8-19-15(10-14)5-9-20(26-19)17-12-16(22)6-7-18(17)23/h4,6-8,10,12-13,20H,5,9,11H2,1H3,(H,24,25). The Bertz CT molecular complexity index is 898. The minimum atomic E-state index is -0.878. The predicted molar refractivity (Wildman–Crippen MR) is 101 cm³/mol. The maximum atomic E-state index is 14.1. The van der Waals surface area contributed by atoms with Gasteiger partial charge in [0.2, 0.25) is 0 Å². The van der Waals surface area contributed by atoms with Crippen LogP contribution < -0.4 is 4.74 Å². The van der Waals surface area contributed by atoms with Gasteiger partial charge in [-0.25, -0.2) is 4.39 Å². The van der Waals surface area contributed by atoms with Gasteiger partial charge in [-0.3, -0.25) is 4.79 Å². The number of benzene rings is 2. The summed E-state index contributed by atoms with van der Waals surface area (Å²) in [6.07, 6.45) is 1.02. The summed E-state index contributed by atoms with van der Waals surface area (Å²) in [5.74, 6) is 4.97. The Morgan fingerprint density at radius 3 is 2.92 bits per heavy atom. The summed E-state index contributed by atoms with van der Waals surface area (Å²) in [5.41, 5.74) is 2.41. The molecule has 2 unspecified atom stereocenters. The van der Waals surface area contributed by atoms with E-state index >= 15 is 0 Å². The largest absolute Gasteiger partial charge is 0.485 e. The molecule has 0 radical (unpaired) electrons. The first-order valence-electron chi connectivity index (χ1n) is 8.36. The van der Waals surface area contributed by atoms with Gasteiger partial charge in [-0.1, -0.05) is 34.0 Å². The van der Waals surface area contributed by atoms with E-state index in [2.05, 4.69) is 27.8 Å². The number of hydrogen-bond donors (Lipinski definition) is 1. The number of aliphatic carboxylic acids is 1. The second-order valence-corrected chi connectivity index (χ2v) is 7.14. The normalized spacial score (nSPS) is 16.7. The van der Waals surface area contributed by atoms with E-state index in [4.69, 9.17) is 9.84 Å². The van der Waals surface area contributed by atoms with Crippen molar-refractivity contribution in [3.8, 4) is 17.6 Å². The van der Waals surface area contributed by atoms with Gasteiger partial charge in [-0.2, -0.15) is 0 Å². The molecule has 134 valence electrons. The number of hydrogen-bond acceptors (Lipinski definition) is 2. The van der Waals surface area contributed by atoms with Crippen molar-refractivity contribution >= 4 is 21.9 Å². The highest BCUT2D eigenvalue weighted by Gasteiger charge is 2.25. The van der Waals surface area contributed by atoms with Crippen LogP contribution in [-0.2, 0) is 11.2 Å². The summed E-state index contributed by atoms with van der Waals surface area (Å²) in [5, 5.41) is 9.09. The maximum absolute atomic E-state index is 14.1. The number of carboxylic acid groups (broad SMARTS) is 1. The van der Waals surface area contributed by atoms with E-state index in [1.165, 1.54) is 6.07 Å². The lowest BCUT2D eigenvalue weighted by Crippen LogP contribution is -2.17. The highest BCUT2D eigenvalue weighted by molar-refractivity contribution is 9.10. The van der Waals surface area contributed by atoms with Crippen molar-refractivity contribution < 1.29 is 19.0 Å². The van der Waals surface area contributed by atoms with E-state index in [9.17, 15) is 9.18 Å². The van der Waals surface area contributed by atoms with E-state index in [1.54, 1.807) is 19.1 Å². The van der Waals surface area contributed by atoms with E-state index in [-0.39, 0.29) is 24.3 Å². The van der Waals surface area contributed by atoms with Crippen LogP contribution >= 0.6 is 15.9 Å². The van der Waals surface area contributed by atoms with Crippen molar-refractivity contribution in [3.05, 3.63) is 63.4 Å². The quantitative estimate of drug-likeness (QED) is 0.693. The summed E-state index contributed by atoms with van der Waals surface area (Å²) in [4.78, 5) is 11.1. The summed E-state index contributed by atoms with van der Waals surface area (Å²) < 4.78 is 21.0. The molecule has 26 heavy (non-hydrogen) atoms. The summed E-state index contributed by atoms with van der Waals surface area (Å²) in [6, 6.07) is 10.5. The minimum absolute atomic E-state index is 0.0354. The lowest BCUT2D eigenvalue weighted by molar-refractivity contribution is -0.137. The molecule has 5 heteroatoms. The smallest absolute Gasteiger partial charge is 0.304 e. The first-order chi connectivity index (χ1) is 12.5. The van der Waals surface area contributed by atoms with Crippen molar-refractivity contribution in [1.29, 1.82) is 0 Å². The van der Waals surface area contributed by atoms with Gasteiger partial charge in [-0.05, 0) is 55.2 Å². The molecular formula is C21H18BrFO3. The summed E-state index contributed by atoms with van der Waals surface area (Å²) >= 11 is 3.37. The molecule has 0 amide bonds. The zero-order valence-corrected chi connectivity index (χ0v) is 15.8. The maximum Gasteiger partial charge on any atom is 0.304 e. The topological polar surface area (TPSA) is 46.5 Å². The Balaban J connectivity index is 1.85. The number of fused-ring (bicyclic) bond motifs is 1. The van der Waals surface area contributed by atoms with Gasteiger partial charge in [0.15, 0.2) is 0 Å². The van der Waals surface area contributed by atoms with Gasteiger partial charge in [0.05, 0.1) is 12.3 Å².